The van der Waals surface area contributed by atoms with E-state index in [9.17, 15) is 8.78 Å². The fourth-order valence-electron chi connectivity index (χ4n) is 2.61. The maximum atomic E-state index is 13.0. The number of ether oxygens (including phenoxy) is 1. The normalized spacial score (nSPS) is 12.8. The van der Waals surface area contributed by atoms with Crippen LogP contribution in [0.25, 0.3) is 0 Å². The second-order valence-electron chi connectivity index (χ2n) is 5.67. The molecule has 0 saturated heterocycles. The zero-order chi connectivity index (χ0) is 18.9. The molecule has 1 saturated carbocycles. The van der Waals surface area contributed by atoms with Crippen molar-refractivity contribution in [1.29, 1.82) is 0 Å². The van der Waals surface area contributed by atoms with Gasteiger partial charge in [-0.05, 0) is 42.5 Å². The first-order chi connectivity index (χ1) is 12.6. The van der Waals surface area contributed by atoms with Gasteiger partial charge in [0.15, 0.2) is 0 Å². The molecule has 1 fully saturated rings. The van der Waals surface area contributed by atoms with Crippen LogP contribution in [0.4, 0.5) is 14.5 Å². The van der Waals surface area contributed by atoms with E-state index >= 15 is 0 Å². The number of halogens is 2. The molecule has 0 atom stereocenters. The van der Waals surface area contributed by atoms with Crippen molar-refractivity contribution in [2.75, 3.05) is 12.4 Å². The highest BCUT2D eigenvalue weighted by molar-refractivity contribution is 5.56. The molecule has 3 rings (SSSR count). The van der Waals surface area contributed by atoms with Crippen LogP contribution >= 0.6 is 0 Å². The van der Waals surface area contributed by atoms with Gasteiger partial charge in [0.1, 0.15) is 6.61 Å². The molecular formula is C18H22F2N4O2. The van der Waals surface area contributed by atoms with Crippen LogP contribution in [0.3, 0.4) is 0 Å². The van der Waals surface area contributed by atoms with Crippen molar-refractivity contribution in [3.8, 4) is 5.88 Å². The number of rotatable bonds is 7. The van der Waals surface area contributed by atoms with Gasteiger partial charge in [0.25, 0.3) is 6.43 Å². The molecule has 140 valence electrons. The molecule has 1 aliphatic carbocycles. The summed E-state index contributed by atoms with van der Waals surface area (Å²) in [4.78, 5) is 12.9. The van der Waals surface area contributed by atoms with E-state index in [4.69, 9.17) is 9.53 Å². The molecule has 26 heavy (non-hydrogen) atoms. The molecule has 0 aliphatic heterocycles. The Bertz CT molecular complexity index is 724. The monoisotopic (exact) mass is 364 g/mol. The minimum Gasteiger partial charge on any atom is -0.472 e. The van der Waals surface area contributed by atoms with Crippen LogP contribution < -0.4 is 21.3 Å². The van der Waals surface area contributed by atoms with Crippen LogP contribution in [0.1, 0.15) is 41.9 Å². The molecule has 1 amide bonds. The summed E-state index contributed by atoms with van der Waals surface area (Å²) >= 11 is 0. The van der Waals surface area contributed by atoms with E-state index in [0.717, 1.165) is 11.3 Å². The number of carbonyl (C=O) groups is 1. The Morgan fingerprint density at radius 1 is 1.35 bits per heavy atom. The number of anilines is 1. The fraction of sp³-hybridized carbons (Fsp3) is 0.333. The van der Waals surface area contributed by atoms with E-state index < -0.39 is 6.43 Å². The highest BCUT2D eigenvalue weighted by atomic mass is 19.3. The fourth-order valence-corrected chi connectivity index (χ4v) is 2.61. The summed E-state index contributed by atoms with van der Waals surface area (Å²) in [5.41, 5.74) is 4.82. The second kappa shape index (κ2) is 9.67. The number of amides is 1. The molecule has 1 aromatic heterocycles. The third-order valence-corrected chi connectivity index (χ3v) is 3.96. The number of nitrogens with two attached hydrogens (primary N) is 1. The van der Waals surface area contributed by atoms with Gasteiger partial charge in [0, 0.05) is 24.5 Å². The molecule has 0 spiro atoms. The first-order valence-corrected chi connectivity index (χ1v) is 8.17. The summed E-state index contributed by atoms with van der Waals surface area (Å²) in [6.07, 6.45) is 1.62. The number of hydrogen-bond acceptors (Lipinski definition) is 5. The van der Waals surface area contributed by atoms with Gasteiger partial charge in [0.2, 0.25) is 12.3 Å². The summed E-state index contributed by atoms with van der Waals surface area (Å²) in [5.74, 6) is 4.97. The number of hydrogen-bond donors (Lipinski definition) is 3. The number of aromatic nitrogens is 1. The number of nitrogens with one attached hydrogen (secondary N) is 2. The Hall–Kier alpha value is -2.74. The lowest BCUT2D eigenvalue weighted by molar-refractivity contribution is -0.109. The Labute approximate surface area is 150 Å². The van der Waals surface area contributed by atoms with E-state index in [1.165, 1.54) is 36.7 Å². The quantitative estimate of drug-likeness (QED) is 0.304. The van der Waals surface area contributed by atoms with Crippen molar-refractivity contribution < 1.29 is 18.3 Å². The maximum absolute atomic E-state index is 13.0. The first kappa shape index (κ1) is 19.6. The van der Waals surface area contributed by atoms with Gasteiger partial charge in [-0.1, -0.05) is 12.1 Å². The number of hydrazine groups is 1. The van der Waals surface area contributed by atoms with Crippen molar-refractivity contribution in [3.63, 3.8) is 0 Å². The Morgan fingerprint density at radius 2 is 2.08 bits per heavy atom. The molecule has 8 heteroatoms. The topological polar surface area (TPSA) is 89.3 Å². The van der Waals surface area contributed by atoms with Gasteiger partial charge in [-0.3, -0.25) is 10.2 Å². The largest absolute Gasteiger partial charge is 0.472 e. The van der Waals surface area contributed by atoms with E-state index in [1.54, 1.807) is 5.43 Å². The lowest BCUT2D eigenvalue weighted by Gasteiger charge is -2.16. The van der Waals surface area contributed by atoms with Gasteiger partial charge in [0.05, 0.1) is 5.56 Å². The van der Waals surface area contributed by atoms with E-state index in [0.29, 0.717) is 12.3 Å². The highest BCUT2D eigenvalue weighted by Gasteiger charge is 2.27. The van der Waals surface area contributed by atoms with Crippen LogP contribution in [0.5, 0.6) is 5.88 Å². The highest BCUT2D eigenvalue weighted by Crippen LogP contribution is 2.43. The number of nitrogens with zero attached hydrogens (tertiary/aromatic N) is 1. The van der Waals surface area contributed by atoms with Crippen molar-refractivity contribution in [3.05, 3.63) is 53.2 Å². The summed E-state index contributed by atoms with van der Waals surface area (Å²) in [7, 11) is 1.85. The molecule has 1 aliphatic rings. The Balaban J connectivity index is 0.000000552. The molecular weight excluding hydrogens is 342 g/mol. The predicted molar refractivity (Wildman–Crippen MR) is 94.9 cm³/mol. The third-order valence-electron chi connectivity index (χ3n) is 3.96. The van der Waals surface area contributed by atoms with Gasteiger partial charge in [-0.15, -0.1) is 0 Å². The van der Waals surface area contributed by atoms with Crippen molar-refractivity contribution >= 4 is 12.1 Å². The van der Waals surface area contributed by atoms with E-state index in [2.05, 4.69) is 22.2 Å². The molecule has 6 nitrogen and oxygen atoms in total. The summed E-state index contributed by atoms with van der Waals surface area (Å²) in [5, 5.41) is 3.14. The van der Waals surface area contributed by atoms with Crippen LogP contribution in [0.15, 0.2) is 36.5 Å². The van der Waals surface area contributed by atoms with Crippen molar-refractivity contribution in [2.24, 2.45) is 5.84 Å². The number of carbonyl (C=O) groups excluding carboxylic acids is 1. The number of benzene rings is 1. The molecule has 0 unspecified atom stereocenters. The molecule has 0 bridgehead atoms. The van der Waals surface area contributed by atoms with Gasteiger partial charge in [-0.2, -0.15) is 0 Å². The van der Waals surface area contributed by atoms with Crippen LogP contribution in [0, 0.1) is 0 Å². The minimum atomic E-state index is -2.59. The standard InChI is InChI=1S/C17H18F2N2O.CH4N2O/c1-20-15-6-2-4-12(11-7-8-11)14(15)10-22-17-13(16(18)19)5-3-9-21-17;2-3-1-4/h2-6,9,11,16,20H,7-8,10H2,1H3;1H,2H2,(H,3,4). The zero-order valence-corrected chi connectivity index (χ0v) is 14.4. The average molecular weight is 364 g/mol. The summed E-state index contributed by atoms with van der Waals surface area (Å²) < 4.78 is 31.6. The summed E-state index contributed by atoms with van der Waals surface area (Å²) in [6.45, 7) is 0.236. The average Bonchev–Trinajstić information content (AvgIpc) is 3.51. The zero-order valence-electron chi connectivity index (χ0n) is 14.4. The van der Waals surface area contributed by atoms with E-state index in [-0.39, 0.29) is 18.1 Å². The maximum Gasteiger partial charge on any atom is 0.269 e. The van der Waals surface area contributed by atoms with Crippen LogP contribution in [-0.2, 0) is 11.4 Å². The molecule has 1 heterocycles. The van der Waals surface area contributed by atoms with Gasteiger partial charge >= 0.3 is 0 Å². The predicted octanol–water partition coefficient (Wildman–Crippen LogP) is 3.12. The molecule has 0 radical (unpaired) electrons. The van der Waals surface area contributed by atoms with Crippen LogP contribution in [-0.4, -0.2) is 18.4 Å². The van der Waals surface area contributed by atoms with Crippen LogP contribution in [0.2, 0.25) is 0 Å². The number of pyridine rings is 1. The first-order valence-electron chi connectivity index (χ1n) is 8.17. The summed E-state index contributed by atoms with van der Waals surface area (Å²) in [6, 6.07) is 8.90. The smallest absolute Gasteiger partial charge is 0.269 e. The molecule has 4 N–H and O–H groups in total. The Kier molecular flexibility index (Phi) is 7.28. The van der Waals surface area contributed by atoms with E-state index in [1.807, 2.05) is 19.2 Å². The Morgan fingerprint density at radius 3 is 2.65 bits per heavy atom. The lowest BCUT2D eigenvalue weighted by Crippen LogP contribution is -2.18. The SMILES string of the molecule is CNc1cccc(C2CC2)c1COc1ncccc1C(F)F.NNC=O. The van der Waals surface area contributed by atoms with Crippen molar-refractivity contribution in [1.82, 2.24) is 10.4 Å². The van der Waals surface area contributed by atoms with Gasteiger partial charge < -0.3 is 10.1 Å². The minimum absolute atomic E-state index is 0.00477. The lowest BCUT2D eigenvalue weighted by atomic mass is 10.0. The van der Waals surface area contributed by atoms with Gasteiger partial charge in [-0.25, -0.2) is 19.6 Å². The second-order valence-corrected chi connectivity index (χ2v) is 5.67. The molecule has 2 aromatic rings. The molecule has 1 aromatic carbocycles. The van der Waals surface area contributed by atoms with Crippen molar-refractivity contribution in [2.45, 2.75) is 31.8 Å². The third kappa shape index (κ3) is 5.13. The number of alkyl halides is 2.